The molecule has 0 radical (unpaired) electrons. The van der Waals surface area contributed by atoms with Gasteiger partial charge in [-0.25, -0.2) is 0 Å². The van der Waals surface area contributed by atoms with Crippen LogP contribution < -0.4 is 0 Å². The molecule has 0 spiro atoms. The lowest BCUT2D eigenvalue weighted by molar-refractivity contribution is 0.244. The van der Waals surface area contributed by atoms with E-state index < -0.39 is 12.2 Å². The molecule has 0 aromatic heterocycles. The summed E-state index contributed by atoms with van der Waals surface area (Å²) < 4.78 is 0. The number of hydrogen-bond acceptors (Lipinski definition) is 3. The number of aliphatic hydroxyl groups excluding tert-OH is 2. The van der Waals surface area contributed by atoms with Crippen molar-refractivity contribution in [3.8, 4) is 0 Å². The molecule has 0 saturated carbocycles. The molecule has 2 N–H and O–H groups in total. The Bertz CT molecular complexity index is 123. The second kappa shape index (κ2) is 6.46. The Hall–Kier alpha value is -0.250. The third-order valence-electron chi connectivity index (χ3n) is 0.871. The van der Waals surface area contributed by atoms with Gasteiger partial charge in [0.1, 0.15) is 0 Å². The molecule has 0 aliphatic carbocycles. The first-order chi connectivity index (χ1) is 5.13. The van der Waals surface area contributed by atoms with Crippen molar-refractivity contribution in [1.29, 1.82) is 0 Å². The maximum Gasteiger partial charge on any atom is 0.0700 e. The predicted molar refractivity (Wildman–Crippen MR) is 49.2 cm³/mol. The fourth-order valence-electron chi connectivity index (χ4n) is 0.363. The lowest BCUT2D eigenvalue weighted by Gasteiger charge is -1.92. The molecular formula is C8H14O2S. The summed E-state index contributed by atoms with van der Waals surface area (Å²) in [5, 5.41) is 21.1. The first-order valence-corrected chi connectivity index (χ1v) is 4.42. The van der Waals surface area contributed by atoms with Gasteiger partial charge in [0, 0.05) is 0 Å². The van der Waals surface area contributed by atoms with Crippen LogP contribution in [0.25, 0.3) is 0 Å². The molecule has 0 aliphatic rings. The first kappa shape index (κ1) is 10.8. The van der Waals surface area contributed by atoms with E-state index in [1.165, 1.54) is 11.8 Å². The summed E-state index contributed by atoms with van der Waals surface area (Å²) in [5.74, 6) is 0. The molecular weight excluding hydrogens is 160 g/mol. The normalized spacial score (nSPS) is 17.8. The summed E-state index contributed by atoms with van der Waals surface area (Å²) >= 11 is 1.43. The molecule has 0 aromatic rings. The van der Waals surface area contributed by atoms with Gasteiger partial charge >= 0.3 is 0 Å². The van der Waals surface area contributed by atoms with Gasteiger partial charge in [-0.05, 0) is 36.8 Å². The molecule has 2 unspecified atom stereocenters. The molecule has 3 heteroatoms. The highest BCUT2D eigenvalue weighted by Crippen LogP contribution is 2.05. The monoisotopic (exact) mass is 174 g/mol. The highest BCUT2D eigenvalue weighted by molar-refractivity contribution is 8.04. The van der Waals surface area contributed by atoms with Gasteiger partial charge in [-0.15, -0.1) is 11.8 Å². The average molecular weight is 174 g/mol. The zero-order valence-corrected chi connectivity index (χ0v) is 7.58. The Kier molecular flexibility index (Phi) is 6.31. The number of aliphatic hydroxyl groups is 2. The number of rotatable bonds is 4. The molecule has 0 amide bonds. The van der Waals surface area contributed by atoms with E-state index in [-0.39, 0.29) is 0 Å². The molecule has 0 aromatic carbocycles. The fraction of sp³-hybridized carbons (Fsp3) is 0.500. The minimum Gasteiger partial charge on any atom is -0.389 e. The maximum atomic E-state index is 8.79. The molecule has 11 heavy (non-hydrogen) atoms. The van der Waals surface area contributed by atoms with Gasteiger partial charge < -0.3 is 10.2 Å². The minimum absolute atomic E-state index is 0.401. The molecule has 0 aliphatic heterocycles. The van der Waals surface area contributed by atoms with Crippen LogP contribution in [0.5, 0.6) is 0 Å². The Balaban J connectivity index is 3.41. The van der Waals surface area contributed by atoms with E-state index in [2.05, 4.69) is 0 Å². The van der Waals surface area contributed by atoms with Crippen LogP contribution in [0.3, 0.4) is 0 Å². The molecule has 0 rings (SSSR count). The van der Waals surface area contributed by atoms with Gasteiger partial charge in [-0.1, -0.05) is 0 Å². The highest BCUT2D eigenvalue weighted by Gasteiger charge is 1.84. The van der Waals surface area contributed by atoms with Gasteiger partial charge in [-0.2, -0.15) is 0 Å². The van der Waals surface area contributed by atoms with E-state index in [1.54, 1.807) is 36.8 Å². The van der Waals surface area contributed by atoms with Crippen molar-refractivity contribution in [2.75, 3.05) is 0 Å². The number of hydrogen-bond donors (Lipinski definition) is 2. The molecule has 0 bridgehead atoms. The van der Waals surface area contributed by atoms with Crippen LogP contribution in [0.4, 0.5) is 0 Å². The largest absolute Gasteiger partial charge is 0.389 e. The molecule has 0 fully saturated rings. The zero-order valence-electron chi connectivity index (χ0n) is 6.77. The van der Waals surface area contributed by atoms with Crippen LogP contribution in [0, 0.1) is 0 Å². The van der Waals surface area contributed by atoms with Crippen LogP contribution >= 0.6 is 11.8 Å². The van der Waals surface area contributed by atoms with Crippen LogP contribution in [0.2, 0.25) is 0 Å². The van der Waals surface area contributed by atoms with Crippen LogP contribution in [-0.4, -0.2) is 22.4 Å². The van der Waals surface area contributed by atoms with Crippen molar-refractivity contribution >= 4 is 11.8 Å². The van der Waals surface area contributed by atoms with Crippen molar-refractivity contribution in [1.82, 2.24) is 0 Å². The van der Waals surface area contributed by atoms with Crippen molar-refractivity contribution in [3.05, 3.63) is 23.0 Å². The Morgan fingerprint density at radius 3 is 1.64 bits per heavy atom. The van der Waals surface area contributed by atoms with Crippen LogP contribution in [-0.2, 0) is 0 Å². The van der Waals surface area contributed by atoms with Crippen LogP contribution in [0.15, 0.2) is 23.0 Å². The quantitative estimate of drug-likeness (QED) is 0.678. The average Bonchev–Trinajstić information content (AvgIpc) is 1.85. The van der Waals surface area contributed by atoms with Gasteiger partial charge in [0.15, 0.2) is 0 Å². The fourth-order valence-corrected chi connectivity index (χ4v) is 1.09. The van der Waals surface area contributed by atoms with E-state index in [0.717, 1.165) is 0 Å². The standard InChI is InChI=1S/C8H14O2S/c1-7(9)3-5-11-6-4-8(2)10/h3-10H,1-2H3. The van der Waals surface area contributed by atoms with Crippen molar-refractivity contribution in [3.63, 3.8) is 0 Å². The summed E-state index contributed by atoms with van der Waals surface area (Å²) in [5.41, 5.74) is 0. The summed E-state index contributed by atoms with van der Waals surface area (Å²) in [6.45, 7) is 3.38. The molecule has 0 heterocycles. The van der Waals surface area contributed by atoms with Gasteiger partial charge in [0.2, 0.25) is 0 Å². The predicted octanol–water partition coefficient (Wildman–Crippen LogP) is 1.51. The van der Waals surface area contributed by atoms with E-state index in [0.29, 0.717) is 0 Å². The molecule has 2 atom stereocenters. The second-order valence-electron chi connectivity index (χ2n) is 2.27. The van der Waals surface area contributed by atoms with Crippen molar-refractivity contribution in [2.24, 2.45) is 0 Å². The van der Waals surface area contributed by atoms with E-state index in [4.69, 9.17) is 10.2 Å². The molecule has 64 valence electrons. The third kappa shape index (κ3) is 9.75. The Morgan fingerprint density at radius 2 is 1.36 bits per heavy atom. The topological polar surface area (TPSA) is 40.5 Å². The van der Waals surface area contributed by atoms with Crippen molar-refractivity contribution in [2.45, 2.75) is 26.1 Å². The van der Waals surface area contributed by atoms with Crippen molar-refractivity contribution < 1.29 is 10.2 Å². The lowest BCUT2D eigenvalue weighted by atomic mass is 10.4. The van der Waals surface area contributed by atoms with Gasteiger partial charge in [0.05, 0.1) is 12.2 Å². The van der Waals surface area contributed by atoms with Gasteiger partial charge in [0.25, 0.3) is 0 Å². The van der Waals surface area contributed by atoms with E-state index in [9.17, 15) is 0 Å². The second-order valence-corrected chi connectivity index (χ2v) is 3.09. The Labute approximate surface area is 71.6 Å². The minimum atomic E-state index is -0.401. The van der Waals surface area contributed by atoms with Crippen LogP contribution in [0.1, 0.15) is 13.8 Å². The van der Waals surface area contributed by atoms with E-state index in [1.807, 2.05) is 0 Å². The van der Waals surface area contributed by atoms with Gasteiger partial charge in [-0.3, -0.25) is 0 Å². The SMILES string of the molecule is CC(O)C=CSC=CC(C)O. The smallest absolute Gasteiger partial charge is 0.0700 e. The van der Waals surface area contributed by atoms with E-state index >= 15 is 0 Å². The first-order valence-electron chi connectivity index (χ1n) is 3.48. The molecule has 2 nitrogen and oxygen atoms in total. The Morgan fingerprint density at radius 1 is 1.00 bits per heavy atom. The number of thioether (sulfide) groups is 1. The maximum absolute atomic E-state index is 8.79. The summed E-state index contributed by atoms with van der Waals surface area (Å²) in [4.78, 5) is 0. The lowest BCUT2D eigenvalue weighted by Crippen LogP contribution is -1.91. The molecule has 0 saturated heterocycles. The summed E-state index contributed by atoms with van der Waals surface area (Å²) in [6, 6.07) is 0. The summed E-state index contributed by atoms with van der Waals surface area (Å²) in [7, 11) is 0. The zero-order chi connectivity index (χ0) is 8.69. The third-order valence-corrected chi connectivity index (χ3v) is 1.50. The highest BCUT2D eigenvalue weighted by atomic mass is 32.2. The summed E-state index contributed by atoms with van der Waals surface area (Å²) in [6.07, 6.45) is 2.55.